The Morgan fingerprint density at radius 2 is 1.75 bits per heavy atom. The molecule has 3 rings (SSSR count). The van der Waals surface area contributed by atoms with Gasteiger partial charge in [-0.05, 0) is 54.8 Å². The van der Waals surface area contributed by atoms with Crippen molar-refractivity contribution < 1.29 is 47.7 Å². The summed E-state index contributed by atoms with van der Waals surface area (Å²) in [5.41, 5.74) is 7.45. The summed E-state index contributed by atoms with van der Waals surface area (Å²) in [6.45, 7) is 5.17. The number of rotatable bonds is 6. The van der Waals surface area contributed by atoms with Crippen LogP contribution < -0.4 is 4.74 Å². The number of benzene rings is 2. The molecule has 0 amide bonds. The van der Waals surface area contributed by atoms with Crippen LogP contribution in [-0.4, -0.2) is 50.4 Å². The topological polar surface area (TPSA) is 105 Å². The largest absolute Gasteiger partial charge is 0.511 e. The molecule has 2 aromatic carbocycles. The van der Waals surface area contributed by atoms with Gasteiger partial charge in [-0.15, -0.1) is 23.3 Å². The van der Waals surface area contributed by atoms with Crippen molar-refractivity contribution in [2.24, 2.45) is 4.99 Å². The summed E-state index contributed by atoms with van der Waals surface area (Å²) in [6, 6.07) is 11.6. The molecule has 7 nitrogen and oxygen atoms in total. The number of aryl methyl sites for hydroxylation is 3. The van der Waals surface area contributed by atoms with E-state index in [0.29, 0.717) is 19.5 Å². The van der Waals surface area contributed by atoms with Crippen LogP contribution in [0, 0.1) is 19.9 Å². The fourth-order valence-corrected chi connectivity index (χ4v) is 3.41. The summed E-state index contributed by atoms with van der Waals surface area (Å²) in [5, 5.41) is 9.50. The molecule has 0 saturated heterocycles. The van der Waals surface area contributed by atoms with Crippen molar-refractivity contribution in [3.8, 4) is 5.75 Å². The minimum Gasteiger partial charge on any atom is -0.511 e. The molecule has 0 saturated carbocycles. The molecule has 1 radical (unpaired) electrons. The molecular weight excluding hydrogens is 611 g/mol. The van der Waals surface area contributed by atoms with E-state index in [1.165, 1.54) is 5.56 Å². The Labute approximate surface area is 204 Å². The van der Waals surface area contributed by atoms with E-state index in [1.807, 2.05) is 32.0 Å². The van der Waals surface area contributed by atoms with E-state index in [0.717, 1.165) is 58.7 Å². The third-order valence-corrected chi connectivity index (χ3v) is 4.80. The summed E-state index contributed by atoms with van der Waals surface area (Å²) >= 11 is 0. The Hall–Kier alpha value is -1.61. The van der Waals surface area contributed by atoms with Crippen molar-refractivity contribution in [1.82, 2.24) is 0 Å². The van der Waals surface area contributed by atoms with Crippen LogP contribution in [0.25, 0.3) is 0 Å². The average molecular weight is 641 g/mol. The minimum absolute atomic E-state index is 0. The van der Waals surface area contributed by atoms with Crippen LogP contribution in [0.3, 0.4) is 0 Å². The van der Waals surface area contributed by atoms with E-state index >= 15 is 0 Å². The number of ether oxygens (including phenoxy) is 2. The van der Waals surface area contributed by atoms with Crippen molar-refractivity contribution in [3.05, 3.63) is 58.1 Å². The number of hydrogen-bond acceptors (Lipinski definition) is 6. The van der Waals surface area contributed by atoms with Gasteiger partial charge in [0.15, 0.2) is 0 Å². The van der Waals surface area contributed by atoms with Crippen molar-refractivity contribution in [3.63, 3.8) is 0 Å². The second-order valence-electron chi connectivity index (χ2n) is 7.43. The second-order valence-corrected chi connectivity index (χ2v) is 8.89. The maximum atomic E-state index is 9.50. The normalized spacial score (nSPS) is 14.1. The molecule has 0 aromatic heterocycles. The second kappa shape index (κ2) is 13.2. The molecule has 9 heteroatoms. The fourth-order valence-electron chi connectivity index (χ4n) is 3.41. The van der Waals surface area contributed by atoms with Gasteiger partial charge >= 0.3 is 0 Å². The Kier molecular flexibility index (Phi) is 11.7. The van der Waals surface area contributed by atoms with Crippen molar-refractivity contribution in [2.45, 2.75) is 39.7 Å². The van der Waals surface area contributed by atoms with E-state index in [-0.39, 0.29) is 26.7 Å². The minimum atomic E-state index is -3.67. The Morgan fingerprint density at radius 3 is 2.31 bits per heavy atom. The maximum Gasteiger partial charge on any atom is 0.261 e. The number of aliphatic imine (C=N–C) groups is 1. The molecule has 1 aliphatic rings. The number of fused-ring (bicyclic) bond motifs is 1. The van der Waals surface area contributed by atoms with Gasteiger partial charge in [-0.3, -0.25) is 4.55 Å². The van der Waals surface area contributed by atoms with Crippen molar-refractivity contribution in [1.29, 1.82) is 0 Å². The standard InChI is InChI=1S/C22H26NO3.CH4O3S.Ir/c1-15-11-18(12-16(2)21(15)14-24)23-22-6-4-5-17-7-8-19(13-20(17)22)26-10-9-25-3;1-5(2,3)4;/h7-8,11-12,24H,4-6,9-10,14H2,1-3H3;1H3,(H,2,3,4);/q-1;;. The summed E-state index contributed by atoms with van der Waals surface area (Å²) in [5.74, 6) is 0.735. The van der Waals surface area contributed by atoms with Gasteiger partial charge in [0, 0.05) is 33.0 Å². The zero-order valence-electron chi connectivity index (χ0n) is 18.8. The van der Waals surface area contributed by atoms with Crippen LogP contribution in [0.2, 0.25) is 0 Å². The average Bonchev–Trinajstić information content (AvgIpc) is 2.67. The van der Waals surface area contributed by atoms with Gasteiger partial charge in [0.05, 0.1) is 25.2 Å². The molecule has 179 valence electrons. The zero-order chi connectivity index (χ0) is 23.0. The first-order valence-corrected chi connectivity index (χ1v) is 11.9. The van der Waals surface area contributed by atoms with Crippen LogP contribution in [0.5, 0.6) is 5.75 Å². The van der Waals surface area contributed by atoms with Crippen molar-refractivity contribution >= 4 is 21.5 Å². The van der Waals surface area contributed by atoms with Crippen LogP contribution in [0.15, 0.2) is 29.3 Å². The first-order chi connectivity index (χ1) is 14.6. The van der Waals surface area contributed by atoms with Gasteiger partial charge in [-0.1, -0.05) is 18.9 Å². The molecule has 0 atom stereocenters. The molecule has 0 spiro atoms. The number of aliphatic hydroxyl groups is 1. The molecule has 0 fully saturated rings. The molecular formula is C23H30IrNO6S-. The molecule has 2 aromatic rings. The first-order valence-electron chi connectivity index (χ1n) is 10.0. The van der Waals surface area contributed by atoms with Gasteiger partial charge in [0.1, 0.15) is 6.61 Å². The predicted molar refractivity (Wildman–Crippen MR) is 121 cm³/mol. The van der Waals surface area contributed by atoms with Crippen LogP contribution in [0.1, 0.15) is 40.7 Å². The first kappa shape index (κ1) is 28.4. The van der Waals surface area contributed by atoms with Gasteiger partial charge in [0.2, 0.25) is 0 Å². The third kappa shape index (κ3) is 9.10. The molecule has 1 aliphatic carbocycles. The third-order valence-electron chi connectivity index (χ3n) is 4.80. The van der Waals surface area contributed by atoms with Gasteiger partial charge < -0.3 is 19.6 Å². The maximum absolute atomic E-state index is 9.50. The number of methoxy groups -OCH3 is 1. The molecule has 0 unspecified atom stereocenters. The summed E-state index contributed by atoms with van der Waals surface area (Å²) in [6.07, 6.45) is 3.79. The molecule has 2 N–H and O–H groups in total. The summed E-state index contributed by atoms with van der Waals surface area (Å²) in [7, 11) is -2.00. The van der Waals surface area contributed by atoms with Crippen molar-refractivity contribution in [2.75, 3.05) is 26.6 Å². The Bertz CT molecular complexity index is 1010. The monoisotopic (exact) mass is 641 g/mol. The quantitative estimate of drug-likeness (QED) is 0.284. The smallest absolute Gasteiger partial charge is 0.261 e. The Balaban J connectivity index is 0.000000770. The van der Waals surface area contributed by atoms with Gasteiger partial charge in [-0.2, -0.15) is 8.42 Å². The SMILES string of the molecule is COCCOc1[c-]c2c(cc1)CCCC2=Nc1cc(C)c(CO)c(C)c1.CS(=O)(=O)O.[Ir]. The number of nitrogens with zero attached hydrogens (tertiary/aromatic N) is 1. The zero-order valence-corrected chi connectivity index (χ0v) is 22.0. The fraction of sp³-hybridized carbons (Fsp3) is 0.435. The number of hydrogen-bond donors (Lipinski definition) is 2. The van der Waals surface area contributed by atoms with Gasteiger partial charge in [-0.25, -0.2) is 0 Å². The van der Waals surface area contributed by atoms with Crippen LogP contribution in [0.4, 0.5) is 5.69 Å². The van der Waals surface area contributed by atoms with E-state index < -0.39 is 10.1 Å². The number of aliphatic hydroxyl groups excluding tert-OH is 1. The van der Waals surface area contributed by atoms with E-state index in [2.05, 4.69) is 12.1 Å². The van der Waals surface area contributed by atoms with Crippen LogP contribution >= 0.6 is 0 Å². The molecule has 0 bridgehead atoms. The summed E-state index contributed by atoms with van der Waals surface area (Å²) < 4.78 is 36.6. The van der Waals surface area contributed by atoms with Crippen LogP contribution in [-0.2, 0) is 48.0 Å². The Morgan fingerprint density at radius 1 is 1.12 bits per heavy atom. The molecule has 0 aliphatic heterocycles. The van der Waals surface area contributed by atoms with Gasteiger partial charge in [0.25, 0.3) is 10.1 Å². The van der Waals surface area contributed by atoms with E-state index in [1.54, 1.807) is 7.11 Å². The predicted octanol–water partition coefficient (Wildman–Crippen LogP) is 3.58. The molecule has 0 heterocycles. The molecule has 32 heavy (non-hydrogen) atoms. The van der Waals surface area contributed by atoms with E-state index in [9.17, 15) is 13.5 Å². The van der Waals surface area contributed by atoms with E-state index in [4.69, 9.17) is 19.0 Å². The summed E-state index contributed by atoms with van der Waals surface area (Å²) in [4.78, 5) is 4.92.